The van der Waals surface area contributed by atoms with Gasteiger partial charge in [-0.3, -0.25) is 4.79 Å². The van der Waals surface area contributed by atoms with Gasteiger partial charge < -0.3 is 9.47 Å². The number of hydrogen-bond acceptors (Lipinski definition) is 2. The highest BCUT2D eigenvalue weighted by Gasteiger charge is 2.14. The van der Waals surface area contributed by atoms with Gasteiger partial charge in [-0.1, -0.05) is 35.9 Å². The Balaban J connectivity index is 1.79. The van der Waals surface area contributed by atoms with Gasteiger partial charge in [0.25, 0.3) is 0 Å². The summed E-state index contributed by atoms with van der Waals surface area (Å²) in [4.78, 5) is 15.8. The molecule has 2 heterocycles. The van der Waals surface area contributed by atoms with Crippen LogP contribution in [-0.2, 0) is 24.9 Å². The fraction of sp³-hybridized carbons (Fsp3) is 0.150. The van der Waals surface area contributed by atoms with Crippen molar-refractivity contribution in [1.82, 2.24) is 9.47 Å². The standard InChI is InChI=1S/C20H19ClN2OS/c1-22-12-4-7-17(22)14-23(15-18-8-5-13-25-18)20(24)11-10-16-6-2-3-9-19(16)21/h2-13H,14-15H2,1H3. The van der Waals surface area contributed by atoms with Crippen molar-refractivity contribution in [3.8, 4) is 0 Å². The van der Waals surface area contributed by atoms with Gasteiger partial charge in [0.05, 0.1) is 13.1 Å². The predicted octanol–water partition coefficient (Wildman–Crippen LogP) is 4.98. The van der Waals surface area contributed by atoms with Crippen LogP contribution in [0, 0.1) is 0 Å². The van der Waals surface area contributed by atoms with Crippen molar-refractivity contribution in [2.24, 2.45) is 7.05 Å². The van der Waals surface area contributed by atoms with Crippen LogP contribution in [0.15, 0.2) is 66.2 Å². The molecule has 0 atom stereocenters. The first kappa shape index (κ1) is 17.5. The van der Waals surface area contributed by atoms with Gasteiger partial charge in [0, 0.05) is 34.9 Å². The molecular weight excluding hydrogens is 352 g/mol. The maximum absolute atomic E-state index is 12.8. The fourth-order valence-electron chi connectivity index (χ4n) is 2.54. The van der Waals surface area contributed by atoms with Crippen LogP contribution in [0.4, 0.5) is 0 Å². The number of amides is 1. The van der Waals surface area contributed by atoms with Crippen molar-refractivity contribution in [3.05, 3.63) is 87.3 Å². The molecule has 5 heteroatoms. The van der Waals surface area contributed by atoms with Crippen molar-refractivity contribution < 1.29 is 4.79 Å². The lowest BCUT2D eigenvalue weighted by Crippen LogP contribution is -2.29. The van der Waals surface area contributed by atoms with Crippen molar-refractivity contribution >= 4 is 34.9 Å². The average Bonchev–Trinajstić information content (AvgIpc) is 3.25. The molecule has 0 radical (unpaired) electrons. The third-order valence-electron chi connectivity index (χ3n) is 3.95. The summed E-state index contributed by atoms with van der Waals surface area (Å²) in [5, 5.41) is 2.67. The Morgan fingerprint density at radius 3 is 2.68 bits per heavy atom. The second-order valence-corrected chi connectivity index (χ2v) is 7.18. The summed E-state index contributed by atoms with van der Waals surface area (Å²) < 4.78 is 2.03. The summed E-state index contributed by atoms with van der Waals surface area (Å²) >= 11 is 7.82. The van der Waals surface area contributed by atoms with E-state index in [9.17, 15) is 4.79 Å². The van der Waals surface area contributed by atoms with Crippen molar-refractivity contribution in [2.45, 2.75) is 13.1 Å². The molecule has 0 unspecified atom stereocenters. The third-order valence-corrected chi connectivity index (χ3v) is 5.16. The summed E-state index contributed by atoms with van der Waals surface area (Å²) in [6, 6.07) is 15.6. The molecule has 3 rings (SSSR count). The zero-order valence-electron chi connectivity index (χ0n) is 13.9. The molecule has 0 spiro atoms. The van der Waals surface area contributed by atoms with Crippen LogP contribution in [0.5, 0.6) is 0 Å². The number of halogens is 1. The quantitative estimate of drug-likeness (QED) is 0.561. The van der Waals surface area contributed by atoms with Crippen molar-refractivity contribution in [2.75, 3.05) is 0 Å². The molecule has 2 aromatic heterocycles. The molecule has 3 nitrogen and oxygen atoms in total. The predicted molar refractivity (Wildman–Crippen MR) is 104 cm³/mol. The molecule has 0 aliphatic carbocycles. The number of carbonyl (C=O) groups is 1. The minimum absolute atomic E-state index is 0.0329. The molecule has 128 valence electrons. The number of nitrogens with zero attached hydrogens (tertiary/aromatic N) is 2. The lowest BCUT2D eigenvalue weighted by molar-refractivity contribution is -0.127. The first-order valence-electron chi connectivity index (χ1n) is 7.97. The molecule has 0 fully saturated rings. The number of hydrogen-bond donors (Lipinski definition) is 0. The molecule has 0 aliphatic rings. The molecule has 0 bridgehead atoms. The number of thiophene rings is 1. The molecule has 3 aromatic rings. The van der Waals surface area contributed by atoms with E-state index in [2.05, 4.69) is 0 Å². The van der Waals surface area contributed by atoms with Crippen LogP contribution in [0.25, 0.3) is 6.08 Å². The Hall–Kier alpha value is -2.30. The second kappa shape index (κ2) is 8.19. The minimum Gasteiger partial charge on any atom is -0.353 e. The van der Waals surface area contributed by atoms with E-state index in [1.165, 1.54) is 0 Å². The topological polar surface area (TPSA) is 25.2 Å². The van der Waals surface area contributed by atoms with E-state index in [1.54, 1.807) is 23.5 Å². The molecule has 1 amide bonds. The van der Waals surface area contributed by atoms with Gasteiger partial charge in [0.2, 0.25) is 5.91 Å². The minimum atomic E-state index is -0.0329. The van der Waals surface area contributed by atoms with E-state index in [4.69, 9.17) is 11.6 Å². The molecule has 0 saturated carbocycles. The van der Waals surface area contributed by atoms with E-state index >= 15 is 0 Å². The highest BCUT2D eigenvalue weighted by Crippen LogP contribution is 2.18. The molecule has 25 heavy (non-hydrogen) atoms. The molecule has 1 aromatic carbocycles. The largest absolute Gasteiger partial charge is 0.353 e. The first-order chi connectivity index (χ1) is 12.1. The van der Waals surface area contributed by atoms with Crippen LogP contribution >= 0.6 is 22.9 Å². The SMILES string of the molecule is Cn1cccc1CN(Cc1cccs1)C(=O)C=Cc1ccccc1Cl. The number of benzene rings is 1. The van der Waals surface area contributed by atoms with E-state index in [1.807, 2.05) is 76.6 Å². The van der Waals surface area contributed by atoms with Crippen LogP contribution in [-0.4, -0.2) is 15.4 Å². The Bertz CT molecular complexity index is 867. The van der Waals surface area contributed by atoms with E-state index in [0.717, 1.165) is 16.1 Å². The highest BCUT2D eigenvalue weighted by molar-refractivity contribution is 7.09. The molecule has 0 aliphatic heterocycles. The normalized spacial score (nSPS) is 11.1. The van der Waals surface area contributed by atoms with E-state index in [-0.39, 0.29) is 5.91 Å². The summed E-state index contributed by atoms with van der Waals surface area (Å²) in [5.41, 5.74) is 1.93. The summed E-state index contributed by atoms with van der Waals surface area (Å²) in [7, 11) is 1.99. The molecule has 0 N–H and O–H groups in total. The van der Waals surface area contributed by atoms with Gasteiger partial charge in [-0.15, -0.1) is 11.3 Å². The van der Waals surface area contributed by atoms with E-state index in [0.29, 0.717) is 18.1 Å². The van der Waals surface area contributed by atoms with Gasteiger partial charge in [0.15, 0.2) is 0 Å². The Morgan fingerprint density at radius 1 is 1.16 bits per heavy atom. The summed E-state index contributed by atoms with van der Waals surface area (Å²) in [6.07, 6.45) is 5.36. The third kappa shape index (κ3) is 4.62. The maximum atomic E-state index is 12.8. The number of rotatable bonds is 6. The number of aryl methyl sites for hydroxylation is 1. The highest BCUT2D eigenvalue weighted by atomic mass is 35.5. The van der Waals surface area contributed by atoms with Crippen LogP contribution in [0.2, 0.25) is 5.02 Å². The van der Waals surface area contributed by atoms with E-state index < -0.39 is 0 Å². The van der Waals surface area contributed by atoms with Gasteiger partial charge >= 0.3 is 0 Å². The van der Waals surface area contributed by atoms with Gasteiger partial charge in [0.1, 0.15) is 0 Å². The summed E-state index contributed by atoms with van der Waals surface area (Å²) in [5.74, 6) is -0.0329. The lowest BCUT2D eigenvalue weighted by Gasteiger charge is -2.21. The monoisotopic (exact) mass is 370 g/mol. The Kier molecular flexibility index (Phi) is 5.74. The zero-order chi connectivity index (χ0) is 17.6. The molecule has 0 saturated heterocycles. The smallest absolute Gasteiger partial charge is 0.247 e. The Morgan fingerprint density at radius 2 is 2.00 bits per heavy atom. The lowest BCUT2D eigenvalue weighted by atomic mass is 10.2. The first-order valence-corrected chi connectivity index (χ1v) is 9.23. The van der Waals surface area contributed by atoms with Crippen LogP contribution < -0.4 is 0 Å². The number of aromatic nitrogens is 1. The Labute approximate surface area is 156 Å². The second-order valence-electron chi connectivity index (χ2n) is 5.74. The maximum Gasteiger partial charge on any atom is 0.247 e. The summed E-state index contributed by atoms with van der Waals surface area (Å²) in [6.45, 7) is 1.15. The van der Waals surface area contributed by atoms with Gasteiger partial charge in [-0.2, -0.15) is 0 Å². The number of carbonyl (C=O) groups excluding carboxylic acids is 1. The van der Waals surface area contributed by atoms with Crippen LogP contribution in [0.1, 0.15) is 16.1 Å². The fourth-order valence-corrected chi connectivity index (χ4v) is 3.45. The zero-order valence-corrected chi connectivity index (χ0v) is 15.5. The van der Waals surface area contributed by atoms with Crippen LogP contribution in [0.3, 0.4) is 0 Å². The van der Waals surface area contributed by atoms with Gasteiger partial charge in [-0.25, -0.2) is 0 Å². The van der Waals surface area contributed by atoms with Gasteiger partial charge in [-0.05, 0) is 41.3 Å². The molecular formula is C20H19ClN2OS. The average molecular weight is 371 g/mol. The van der Waals surface area contributed by atoms with Crippen molar-refractivity contribution in [1.29, 1.82) is 0 Å². The van der Waals surface area contributed by atoms with Crippen molar-refractivity contribution in [3.63, 3.8) is 0 Å².